The number of carbonyl (C=O) groups excluding carboxylic acids is 6. The summed E-state index contributed by atoms with van der Waals surface area (Å²) in [6.45, 7) is 5.45. The predicted molar refractivity (Wildman–Crippen MR) is 259 cm³/mol. The Morgan fingerprint density at radius 2 is 1.56 bits per heavy atom. The molecule has 70 heavy (non-hydrogen) atoms. The lowest BCUT2D eigenvalue weighted by Gasteiger charge is -2.36. The highest BCUT2D eigenvalue weighted by molar-refractivity contribution is 6.25. The minimum atomic E-state index is -1.02. The summed E-state index contributed by atoms with van der Waals surface area (Å²) in [5.41, 5.74) is 5.12. The van der Waals surface area contributed by atoms with Crippen molar-refractivity contribution < 1.29 is 42.3 Å². The fourth-order valence-electron chi connectivity index (χ4n) is 9.64. The van der Waals surface area contributed by atoms with Crippen molar-refractivity contribution in [3.05, 3.63) is 112 Å². The molecule has 0 radical (unpaired) electrons. The van der Waals surface area contributed by atoms with E-state index >= 15 is 0 Å². The third-order valence-corrected chi connectivity index (χ3v) is 13.3. The van der Waals surface area contributed by atoms with Crippen LogP contribution in [0.3, 0.4) is 0 Å². The van der Waals surface area contributed by atoms with Gasteiger partial charge in [0.05, 0.1) is 28.8 Å². The Bertz CT molecular complexity index is 2790. The minimum Gasteiger partial charge on any atom is -0.384 e. The van der Waals surface area contributed by atoms with Crippen LogP contribution in [0.15, 0.2) is 72.8 Å². The highest BCUT2D eigenvalue weighted by Gasteiger charge is 2.45. The predicted octanol–water partition coefficient (Wildman–Crippen LogP) is 5.59. The van der Waals surface area contributed by atoms with Crippen LogP contribution in [-0.2, 0) is 25.5 Å². The molecule has 17 nitrogen and oxygen atoms in total. The molecule has 0 saturated carbocycles. The van der Waals surface area contributed by atoms with Gasteiger partial charge in [-0.15, -0.1) is 0 Å². The van der Waals surface area contributed by atoms with Gasteiger partial charge < -0.3 is 30.9 Å². The molecule has 1 atom stereocenters. The van der Waals surface area contributed by atoms with Gasteiger partial charge in [-0.2, -0.15) is 5.10 Å². The molecule has 4 aliphatic rings. The van der Waals surface area contributed by atoms with E-state index in [1.807, 2.05) is 36.4 Å². The van der Waals surface area contributed by atoms with Gasteiger partial charge in [-0.05, 0) is 104 Å². The van der Waals surface area contributed by atoms with Crippen molar-refractivity contribution >= 4 is 69.2 Å². The number of amides is 6. The molecule has 0 aliphatic carbocycles. The number of piperidine rings is 1. The van der Waals surface area contributed by atoms with E-state index in [1.54, 1.807) is 18.2 Å². The van der Waals surface area contributed by atoms with Crippen LogP contribution in [0.5, 0.6) is 0 Å². The SMILES string of the molecule is O=C(CN1CCN(c2ccc(C(=O)Nc3n[nH]c4ccc(Cc5cc(F)cc(F)c5)cc34)c(NC3CCOCC3)c2)CC1)NCCCCCCNc1cccc2c1C(=O)N(C1CCC(=O)NC1=O)C2=O. The summed E-state index contributed by atoms with van der Waals surface area (Å²) in [5, 5.41) is 23.2. The standard InChI is InChI=1S/C51H56F2N10O7/c52-33-25-32(26-34(53)28-33)24-31-8-11-40-39(27-31)47(60-59-40)58-48(66)37-10-9-36(29-42(37)56-35-14-22-70-23-15-35)62-20-18-61(19-21-62)30-45(65)55-17-4-2-1-3-16-54-41-7-5-6-38-46(41)51(69)63(50(38)68)43-12-13-44(64)57-49(43)67/h5-11,25-29,35,43,54,56H,1-4,12-24,30H2,(H,55,65)(H,57,64,67)(H2,58,59,60,66). The van der Waals surface area contributed by atoms with E-state index in [4.69, 9.17) is 4.74 Å². The fraction of sp³-hybridized carbons (Fsp3) is 0.392. The normalized spacial score (nSPS) is 17.7. The molecule has 0 bridgehead atoms. The van der Waals surface area contributed by atoms with E-state index < -0.39 is 41.3 Å². The van der Waals surface area contributed by atoms with Crippen LogP contribution in [0.2, 0.25) is 0 Å². The van der Waals surface area contributed by atoms with Gasteiger partial charge in [0.15, 0.2) is 5.82 Å². The molecule has 5 heterocycles. The molecule has 366 valence electrons. The Morgan fingerprint density at radius 1 is 0.786 bits per heavy atom. The molecule has 9 rings (SSSR count). The highest BCUT2D eigenvalue weighted by atomic mass is 19.1. The van der Waals surface area contributed by atoms with E-state index in [9.17, 15) is 37.5 Å². The zero-order chi connectivity index (χ0) is 48.7. The van der Waals surface area contributed by atoms with E-state index in [-0.39, 0.29) is 41.8 Å². The number of piperazine rings is 1. The average Bonchev–Trinajstić information content (AvgIpc) is 3.85. The molecule has 1 unspecified atom stereocenters. The summed E-state index contributed by atoms with van der Waals surface area (Å²) in [7, 11) is 0. The van der Waals surface area contributed by atoms with Crippen molar-refractivity contribution in [2.75, 3.05) is 79.9 Å². The lowest BCUT2D eigenvalue weighted by Crippen LogP contribution is -2.54. The zero-order valence-electron chi connectivity index (χ0n) is 38.7. The first-order valence-electron chi connectivity index (χ1n) is 24.0. The second-order valence-corrected chi connectivity index (χ2v) is 18.3. The number of unbranched alkanes of at least 4 members (excludes halogenated alkanes) is 3. The topological polar surface area (TPSA) is 210 Å². The van der Waals surface area contributed by atoms with Crippen molar-refractivity contribution in [2.24, 2.45) is 0 Å². The maximum Gasteiger partial charge on any atom is 0.264 e. The average molecular weight is 959 g/mol. The molecule has 4 aromatic carbocycles. The van der Waals surface area contributed by atoms with Crippen molar-refractivity contribution in [1.82, 2.24) is 30.6 Å². The van der Waals surface area contributed by atoms with Crippen LogP contribution in [0, 0.1) is 11.6 Å². The van der Waals surface area contributed by atoms with Gasteiger partial charge in [0.25, 0.3) is 17.7 Å². The number of aromatic amines is 1. The lowest BCUT2D eigenvalue weighted by atomic mass is 10.0. The third-order valence-electron chi connectivity index (χ3n) is 13.3. The quantitative estimate of drug-likeness (QED) is 0.0470. The van der Waals surface area contributed by atoms with E-state index in [0.29, 0.717) is 105 Å². The van der Waals surface area contributed by atoms with Gasteiger partial charge in [-0.25, -0.2) is 8.78 Å². The van der Waals surface area contributed by atoms with Gasteiger partial charge >= 0.3 is 0 Å². The van der Waals surface area contributed by atoms with E-state index in [1.165, 1.54) is 12.1 Å². The number of rotatable bonds is 18. The van der Waals surface area contributed by atoms with Gasteiger partial charge in [0, 0.05) is 93.5 Å². The molecule has 19 heteroatoms. The molecule has 5 aromatic rings. The molecular weight excluding hydrogens is 903 g/mol. The molecule has 6 N–H and O–H groups in total. The number of fused-ring (bicyclic) bond motifs is 2. The number of hydrogen-bond acceptors (Lipinski definition) is 12. The summed E-state index contributed by atoms with van der Waals surface area (Å²) >= 11 is 0. The number of nitrogens with one attached hydrogen (secondary N) is 6. The van der Waals surface area contributed by atoms with Crippen molar-refractivity contribution in [1.29, 1.82) is 0 Å². The Hall–Kier alpha value is -7.25. The minimum absolute atomic E-state index is 0.0279. The van der Waals surface area contributed by atoms with Crippen LogP contribution in [0.4, 0.5) is 31.7 Å². The van der Waals surface area contributed by atoms with Crippen LogP contribution in [-0.4, -0.2) is 127 Å². The number of halogens is 2. The number of nitrogens with zero attached hydrogens (tertiary/aromatic N) is 4. The Morgan fingerprint density at radius 3 is 2.33 bits per heavy atom. The number of benzene rings is 4. The van der Waals surface area contributed by atoms with Crippen LogP contribution >= 0.6 is 0 Å². The Kier molecular flexibility index (Phi) is 14.7. The van der Waals surface area contributed by atoms with Crippen molar-refractivity contribution in [3.63, 3.8) is 0 Å². The van der Waals surface area contributed by atoms with Gasteiger partial charge in [-0.3, -0.25) is 49.0 Å². The van der Waals surface area contributed by atoms with Crippen LogP contribution < -0.4 is 31.5 Å². The maximum atomic E-state index is 14.0. The maximum absolute atomic E-state index is 14.0. The van der Waals surface area contributed by atoms with Crippen molar-refractivity contribution in [2.45, 2.75) is 69.9 Å². The lowest BCUT2D eigenvalue weighted by molar-refractivity contribution is -0.136. The number of imide groups is 2. The first-order valence-corrected chi connectivity index (χ1v) is 24.0. The number of aromatic nitrogens is 2. The fourth-order valence-corrected chi connectivity index (χ4v) is 9.64. The second-order valence-electron chi connectivity index (χ2n) is 18.3. The first-order chi connectivity index (χ1) is 34.0. The molecule has 1 aromatic heterocycles. The first kappa shape index (κ1) is 47.8. The van der Waals surface area contributed by atoms with Gasteiger partial charge in [0.2, 0.25) is 17.7 Å². The summed E-state index contributed by atoms with van der Waals surface area (Å²) in [5.74, 6) is -3.45. The molecule has 3 fully saturated rings. The van der Waals surface area contributed by atoms with Crippen LogP contribution in [0.1, 0.15) is 93.6 Å². The third kappa shape index (κ3) is 11.1. The summed E-state index contributed by atoms with van der Waals surface area (Å²) < 4.78 is 33.4. The Balaban J connectivity index is 0.720. The highest BCUT2D eigenvalue weighted by Crippen LogP contribution is 2.33. The van der Waals surface area contributed by atoms with E-state index in [2.05, 4.69) is 46.6 Å². The molecular formula is C51H56F2N10O7. The largest absolute Gasteiger partial charge is 0.384 e. The number of hydrogen-bond donors (Lipinski definition) is 6. The van der Waals surface area contributed by atoms with E-state index in [0.717, 1.165) is 60.7 Å². The second kappa shape index (κ2) is 21.6. The number of carbonyl (C=O) groups is 6. The monoisotopic (exact) mass is 958 g/mol. The number of ether oxygens (including phenoxy) is 1. The van der Waals surface area contributed by atoms with Crippen LogP contribution in [0.25, 0.3) is 10.9 Å². The molecule has 0 spiro atoms. The number of anilines is 4. The summed E-state index contributed by atoms with van der Waals surface area (Å²) in [6, 6.07) is 18.9. The smallest absolute Gasteiger partial charge is 0.264 e. The summed E-state index contributed by atoms with van der Waals surface area (Å²) in [4.78, 5) is 82.9. The van der Waals surface area contributed by atoms with Gasteiger partial charge in [-0.1, -0.05) is 25.0 Å². The van der Waals surface area contributed by atoms with Crippen molar-refractivity contribution in [3.8, 4) is 0 Å². The van der Waals surface area contributed by atoms with Gasteiger partial charge in [0.1, 0.15) is 17.7 Å². The number of H-pyrrole nitrogens is 1. The molecule has 3 saturated heterocycles. The summed E-state index contributed by atoms with van der Waals surface area (Å²) in [6.07, 6.45) is 5.45. The molecule has 6 amide bonds. The zero-order valence-corrected chi connectivity index (χ0v) is 38.7. The molecule has 4 aliphatic heterocycles. The Labute approximate surface area is 403 Å².